The predicted molar refractivity (Wildman–Crippen MR) is 56.0 cm³/mol. The minimum Gasteiger partial charge on any atom is -0.370 e. The first kappa shape index (κ1) is 11.5. The highest BCUT2D eigenvalue weighted by Crippen LogP contribution is 2.39. The summed E-state index contributed by atoms with van der Waals surface area (Å²) in [6, 6.07) is 1.31. The Kier molecular flexibility index (Phi) is 3.47. The lowest BCUT2D eigenvalue weighted by atomic mass is 10.1. The zero-order valence-corrected chi connectivity index (χ0v) is 9.24. The molecule has 4 atom stereocenters. The number of fused-ring (bicyclic) bond motifs is 1. The summed E-state index contributed by atoms with van der Waals surface area (Å²) < 4.78 is 5.85. The monoisotopic (exact) mass is 226 g/mol. The van der Waals surface area contributed by atoms with E-state index in [0.29, 0.717) is 24.3 Å². The van der Waals surface area contributed by atoms with Gasteiger partial charge in [0.25, 0.3) is 0 Å². The zero-order chi connectivity index (χ0) is 7.42. The van der Waals surface area contributed by atoms with Crippen LogP contribution in [0.3, 0.4) is 0 Å². The summed E-state index contributed by atoms with van der Waals surface area (Å²) in [6.07, 6.45) is 2.28. The third-order valence-electron chi connectivity index (χ3n) is 3.37. The van der Waals surface area contributed by atoms with E-state index in [-0.39, 0.29) is 24.8 Å². The summed E-state index contributed by atoms with van der Waals surface area (Å²) in [4.78, 5) is 2.57. The molecule has 3 heterocycles. The number of likely N-dealkylation sites (N-methyl/N-ethyl adjacent to an activating group) is 1. The molecule has 2 bridgehead atoms. The van der Waals surface area contributed by atoms with Crippen LogP contribution in [0, 0.1) is 0 Å². The molecule has 0 aromatic carbocycles. The second-order valence-corrected chi connectivity index (χ2v) is 3.80. The van der Waals surface area contributed by atoms with Crippen LogP contribution in [0.15, 0.2) is 0 Å². The van der Waals surface area contributed by atoms with Gasteiger partial charge in [0.15, 0.2) is 0 Å². The molecule has 3 aliphatic heterocycles. The van der Waals surface area contributed by atoms with Gasteiger partial charge in [0.1, 0.15) is 0 Å². The molecule has 13 heavy (non-hydrogen) atoms. The van der Waals surface area contributed by atoms with Crippen LogP contribution in [0.5, 0.6) is 0 Å². The number of ether oxygens (including phenoxy) is 1. The quantitative estimate of drug-likeness (QED) is 0.696. The van der Waals surface area contributed by atoms with Gasteiger partial charge in [-0.05, 0) is 13.5 Å². The molecule has 78 valence electrons. The summed E-state index contributed by atoms with van der Waals surface area (Å²) in [7, 11) is 2.05. The average Bonchev–Trinajstić information content (AvgIpc) is 2.55. The van der Waals surface area contributed by atoms with Crippen LogP contribution in [-0.2, 0) is 4.74 Å². The topological polar surface area (TPSA) is 24.5 Å². The van der Waals surface area contributed by atoms with E-state index in [9.17, 15) is 0 Å². The number of halogens is 2. The molecule has 3 fully saturated rings. The van der Waals surface area contributed by atoms with E-state index in [2.05, 4.69) is 10.2 Å². The Morgan fingerprint density at radius 3 is 2.62 bits per heavy atom. The maximum atomic E-state index is 5.85. The van der Waals surface area contributed by atoms with Crippen molar-refractivity contribution in [3.63, 3.8) is 0 Å². The second-order valence-electron chi connectivity index (χ2n) is 3.80. The Morgan fingerprint density at radius 2 is 2.08 bits per heavy atom. The average molecular weight is 227 g/mol. The second kappa shape index (κ2) is 3.91. The highest BCUT2D eigenvalue weighted by atomic mass is 35.5. The molecule has 0 radical (unpaired) electrons. The Labute approximate surface area is 91.0 Å². The minimum atomic E-state index is 0. The van der Waals surface area contributed by atoms with Crippen molar-refractivity contribution < 1.29 is 4.74 Å². The number of hydrogen-bond acceptors (Lipinski definition) is 3. The lowest BCUT2D eigenvalue weighted by molar-refractivity contribution is 0.00833. The largest absolute Gasteiger partial charge is 0.370 e. The van der Waals surface area contributed by atoms with Gasteiger partial charge in [-0.2, -0.15) is 0 Å². The summed E-state index contributed by atoms with van der Waals surface area (Å²) in [5.41, 5.74) is 0. The maximum Gasteiger partial charge on any atom is 0.0875 e. The molecule has 1 N–H and O–H groups in total. The van der Waals surface area contributed by atoms with Gasteiger partial charge < -0.3 is 10.1 Å². The van der Waals surface area contributed by atoms with Gasteiger partial charge in [0.2, 0.25) is 0 Å². The maximum absolute atomic E-state index is 5.85. The molecule has 5 heteroatoms. The summed E-state index contributed by atoms with van der Waals surface area (Å²) >= 11 is 0. The van der Waals surface area contributed by atoms with Crippen LogP contribution in [0.25, 0.3) is 0 Å². The number of rotatable bonds is 1. The Balaban J connectivity index is 0.000000422. The van der Waals surface area contributed by atoms with Crippen LogP contribution < -0.4 is 5.32 Å². The first-order valence-corrected chi connectivity index (χ1v) is 4.47. The van der Waals surface area contributed by atoms with Gasteiger partial charge in [-0.25, -0.2) is 0 Å². The molecular weight excluding hydrogens is 211 g/mol. The fourth-order valence-electron chi connectivity index (χ4n) is 2.94. The molecule has 3 aliphatic rings. The normalized spacial score (nSPS) is 45.9. The summed E-state index contributed by atoms with van der Waals surface area (Å²) in [6.45, 7) is 2.41. The number of nitrogens with zero attached hydrogens (tertiary/aromatic N) is 1. The van der Waals surface area contributed by atoms with Gasteiger partial charge in [0, 0.05) is 13.1 Å². The van der Waals surface area contributed by atoms with Crippen LogP contribution >= 0.6 is 24.8 Å². The van der Waals surface area contributed by atoms with Crippen molar-refractivity contribution >= 4 is 24.8 Å². The van der Waals surface area contributed by atoms with Crippen molar-refractivity contribution in [2.24, 2.45) is 0 Å². The van der Waals surface area contributed by atoms with E-state index < -0.39 is 0 Å². The minimum absolute atomic E-state index is 0. The smallest absolute Gasteiger partial charge is 0.0875 e. The summed E-state index contributed by atoms with van der Waals surface area (Å²) in [5.74, 6) is 0. The highest BCUT2D eigenvalue weighted by molar-refractivity contribution is 5.85. The Morgan fingerprint density at radius 1 is 1.31 bits per heavy atom. The van der Waals surface area contributed by atoms with Crippen molar-refractivity contribution in [1.29, 1.82) is 0 Å². The number of morpholine rings is 1. The van der Waals surface area contributed by atoms with E-state index in [1.807, 2.05) is 7.05 Å². The van der Waals surface area contributed by atoms with E-state index in [1.54, 1.807) is 0 Å². The van der Waals surface area contributed by atoms with Crippen LogP contribution in [0.4, 0.5) is 0 Å². The predicted octanol–water partition coefficient (Wildman–Crippen LogP) is 0.273. The molecule has 0 aromatic heterocycles. The molecule has 0 aromatic rings. The standard InChI is InChI=1S/C8H14N2O.2ClH/c1-9-7-6-4-10-3-2-5(11-6)8(7)10;;/h5-9H,2-4H2,1H3;2*1H/t5-,6+,7-,8+;;/m0../s1. The van der Waals surface area contributed by atoms with Gasteiger partial charge in [-0.15, -0.1) is 24.8 Å². The van der Waals surface area contributed by atoms with Crippen LogP contribution in [-0.4, -0.2) is 49.3 Å². The molecule has 0 amide bonds. The SMILES string of the molecule is CN[C@@H]1[C@H]2[C@@H]3CCN2C[C@H]1O3.Cl.Cl. The number of nitrogens with one attached hydrogen (secondary N) is 1. The third-order valence-corrected chi connectivity index (χ3v) is 3.37. The van der Waals surface area contributed by atoms with Crippen molar-refractivity contribution in [2.75, 3.05) is 20.1 Å². The molecular formula is C8H16Cl2N2O. The first-order valence-electron chi connectivity index (χ1n) is 4.47. The van der Waals surface area contributed by atoms with E-state index in [0.717, 1.165) is 6.54 Å². The van der Waals surface area contributed by atoms with Gasteiger partial charge >= 0.3 is 0 Å². The molecule has 0 spiro atoms. The van der Waals surface area contributed by atoms with Gasteiger partial charge in [-0.1, -0.05) is 0 Å². The fraction of sp³-hybridized carbons (Fsp3) is 1.00. The zero-order valence-electron chi connectivity index (χ0n) is 7.60. The molecule has 3 nitrogen and oxygen atoms in total. The van der Waals surface area contributed by atoms with Gasteiger partial charge in [0.05, 0.1) is 24.3 Å². The van der Waals surface area contributed by atoms with E-state index >= 15 is 0 Å². The highest BCUT2D eigenvalue weighted by Gasteiger charge is 2.56. The molecule has 3 rings (SSSR count). The van der Waals surface area contributed by atoms with E-state index in [1.165, 1.54) is 13.0 Å². The van der Waals surface area contributed by atoms with Crippen molar-refractivity contribution in [1.82, 2.24) is 10.2 Å². The van der Waals surface area contributed by atoms with Crippen molar-refractivity contribution in [2.45, 2.75) is 30.7 Å². The third kappa shape index (κ3) is 1.38. The van der Waals surface area contributed by atoms with E-state index in [4.69, 9.17) is 4.74 Å². The van der Waals surface area contributed by atoms with Crippen LogP contribution in [0.1, 0.15) is 6.42 Å². The van der Waals surface area contributed by atoms with Crippen molar-refractivity contribution in [3.05, 3.63) is 0 Å². The Bertz CT molecular complexity index is 179. The fourth-order valence-corrected chi connectivity index (χ4v) is 2.94. The molecule has 0 unspecified atom stereocenters. The van der Waals surface area contributed by atoms with Gasteiger partial charge in [-0.3, -0.25) is 4.90 Å². The molecule has 0 saturated carbocycles. The number of hydrogen-bond donors (Lipinski definition) is 1. The first-order chi connectivity index (χ1) is 5.40. The molecule has 3 saturated heterocycles. The molecule has 0 aliphatic carbocycles. The van der Waals surface area contributed by atoms with Crippen molar-refractivity contribution in [3.8, 4) is 0 Å². The van der Waals surface area contributed by atoms with Crippen LogP contribution in [0.2, 0.25) is 0 Å². The lowest BCUT2D eigenvalue weighted by Crippen LogP contribution is -2.40. The lowest BCUT2D eigenvalue weighted by Gasteiger charge is -2.21. The Hall–Kier alpha value is 0.460. The summed E-state index contributed by atoms with van der Waals surface area (Å²) in [5, 5.41) is 3.36.